The van der Waals surface area contributed by atoms with Crippen molar-refractivity contribution in [1.29, 1.82) is 0 Å². The highest BCUT2D eigenvalue weighted by atomic mass is 19.4. The topological polar surface area (TPSA) is 9.23 Å². The Morgan fingerprint density at radius 1 is 0.606 bits per heavy atom. The molecule has 0 N–H and O–H groups in total. The molecule has 1 aliphatic rings. The first-order valence-corrected chi connectivity index (χ1v) is 8.28. The van der Waals surface area contributed by atoms with Gasteiger partial charge in [-0.3, -0.25) is 0 Å². The van der Waals surface area contributed by atoms with E-state index < -0.39 is 66.3 Å². The monoisotopic (exact) mass is 530 g/mol. The van der Waals surface area contributed by atoms with Crippen LogP contribution in [0.5, 0.6) is 0 Å². The highest BCUT2D eigenvalue weighted by Crippen LogP contribution is 2.64. The molecule has 33 heavy (non-hydrogen) atoms. The summed E-state index contributed by atoms with van der Waals surface area (Å²) in [5, 5.41) is 0. The van der Waals surface area contributed by atoms with E-state index in [1.807, 2.05) is 0 Å². The fraction of sp³-hybridized carbons (Fsp3) is 0.867. The second kappa shape index (κ2) is 8.17. The highest BCUT2D eigenvalue weighted by Gasteiger charge is 2.95. The number of ether oxygens (including phenoxy) is 1. The summed E-state index contributed by atoms with van der Waals surface area (Å²) >= 11 is 0. The molecule has 1 saturated carbocycles. The zero-order valence-electron chi connectivity index (χ0n) is 15.4. The van der Waals surface area contributed by atoms with Crippen LogP contribution >= 0.6 is 0 Å². The Morgan fingerprint density at radius 3 is 1.30 bits per heavy atom. The molecule has 2 radical (unpaired) electrons. The van der Waals surface area contributed by atoms with Crippen LogP contribution in [0.3, 0.4) is 0 Å². The van der Waals surface area contributed by atoms with Crippen LogP contribution in [0.15, 0.2) is 0 Å². The second-order valence-electron chi connectivity index (χ2n) is 6.98. The van der Waals surface area contributed by atoms with E-state index in [-0.39, 0.29) is 12.8 Å². The first kappa shape index (κ1) is 29.8. The molecule has 0 aliphatic heterocycles. The maximum Gasteiger partial charge on any atom is 0.460 e. The van der Waals surface area contributed by atoms with Crippen LogP contribution in [-0.4, -0.2) is 53.9 Å². The quantitative estimate of drug-likeness (QED) is 0.287. The normalized spacial score (nSPS) is 22.7. The Morgan fingerprint density at radius 2 is 0.970 bits per heavy atom. The maximum atomic E-state index is 13.6. The molecule has 1 fully saturated rings. The van der Waals surface area contributed by atoms with E-state index in [9.17, 15) is 74.6 Å². The van der Waals surface area contributed by atoms with Crippen LogP contribution in [0.2, 0.25) is 0 Å². The van der Waals surface area contributed by atoms with Crippen molar-refractivity contribution in [3.8, 4) is 0 Å². The van der Waals surface area contributed by atoms with Gasteiger partial charge in [-0.25, -0.2) is 0 Å². The van der Waals surface area contributed by atoms with Gasteiger partial charge in [-0.1, -0.05) is 13.3 Å². The molecule has 2 atom stereocenters. The van der Waals surface area contributed by atoms with Crippen LogP contribution in [0.1, 0.15) is 19.3 Å². The average Bonchev–Trinajstić information content (AvgIpc) is 3.06. The molecule has 1 nitrogen and oxygen atoms in total. The Bertz CT molecular complexity index is 695. The van der Waals surface area contributed by atoms with Crippen LogP contribution < -0.4 is 0 Å². The van der Waals surface area contributed by atoms with E-state index in [4.69, 9.17) is 0 Å². The van der Waals surface area contributed by atoms with Gasteiger partial charge in [0.2, 0.25) is 0 Å². The number of halogens is 17. The molecule has 0 aromatic rings. The van der Waals surface area contributed by atoms with Gasteiger partial charge in [0.15, 0.2) is 0 Å². The SMILES string of the molecule is [CH2]CC1C[CH]C(OC(F)(F)C(F)(F)C(F)(F)C(F)(F)C(F)(F)C(F)(F)C(F)(F)C(F)(F)F)C1. The summed E-state index contributed by atoms with van der Waals surface area (Å²) in [6.45, 7) is 3.28. The minimum atomic E-state index is -8.64. The molecule has 0 amide bonds. The van der Waals surface area contributed by atoms with Crippen LogP contribution in [0.25, 0.3) is 0 Å². The highest BCUT2D eigenvalue weighted by molar-refractivity contribution is 5.14. The van der Waals surface area contributed by atoms with Crippen molar-refractivity contribution in [2.45, 2.75) is 73.2 Å². The summed E-state index contributed by atoms with van der Waals surface area (Å²) in [6, 6.07) is 0. The van der Waals surface area contributed by atoms with Gasteiger partial charge in [0.25, 0.3) is 0 Å². The largest absolute Gasteiger partial charge is 0.460 e. The number of hydrogen-bond acceptors (Lipinski definition) is 1. The van der Waals surface area contributed by atoms with Gasteiger partial charge in [-0.05, 0) is 25.2 Å². The summed E-state index contributed by atoms with van der Waals surface area (Å²) in [4.78, 5) is 0. The minimum Gasteiger partial charge on any atom is -0.312 e. The Hall–Kier alpha value is -1.23. The van der Waals surface area contributed by atoms with Gasteiger partial charge >= 0.3 is 47.8 Å². The fourth-order valence-electron chi connectivity index (χ4n) is 2.61. The third kappa shape index (κ3) is 4.21. The summed E-state index contributed by atoms with van der Waals surface area (Å²) in [7, 11) is 0. The summed E-state index contributed by atoms with van der Waals surface area (Å²) in [5.74, 6) is -50.7. The van der Waals surface area contributed by atoms with Crippen LogP contribution in [-0.2, 0) is 4.74 Å². The zero-order chi connectivity index (χ0) is 26.7. The lowest BCUT2D eigenvalue weighted by Crippen LogP contribution is -2.74. The molecule has 196 valence electrons. The predicted octanol–water partition coefficient (Wildman–Crippen LogP) is 7.18. The molecule has 0 spiro atoms. The Kier molecular flexibility index (Phi) is 7.38. The van der Waals surface area contributed by atoms with Crippen molar-refractivity contribution in [3.63, 3.8) is 0 Å². The van der Waals surface area contributed by atoms with Gasteiger partial charge in [-0.15, -0.1) is 0 Å². The Balaban J connectivity index is 3.44. The van der Waals surface area contributed by atoms with Gasteiger partial charge in [0.1, 0.15) is 0 Å². The molecular formula is C15H11F17O. The molecule has 1 aliphatic carbocycles. The standard InChI is InChI=1S/C15H11F17O/c1-2-6-3-4-7(5-6)33-15(31,32)13(26,27)11(22,23)9(18,19)8(16,17)10(20,21)12(24,25)14(28,29)30/h4,6-7H,1-3,5H2. The molecule has 0 saturated heterocycles. The van der Waals surface area contributed by atoms with Crippen molar-refractivity contribution in [2.75, 3.05) is 0 Å². The third-order valence-electron chi connectivity index (χ3n) is 4.70. The van der Waals surface area contributed by atoms with Crippen molar-refractivity contribution < 1.29 is 79.4 Å². The molecule has 1 rings (SSSR count). The van der Waals surface area contributed by atoms with Crippen LogP contribution in [0.4, 0.5) is 74.6 Å². The first-order chi connectivity index (χ1) is 14.3. The van der Waals surface area contributed by atoms with Gasteiger partial charge in [0.05, 0.1) is 6.10 Å². The van der Waals surface area contributed by atoms with Crippen molar-refractivity contribution in [2.24, 2.45) is 5.92 Å². The van der Waals surface area contributed by atoms with E-state index in [1.54, 1.807) is 0 Å². The Labute approximate surface area is 173 Å². The number of rotatable bonds is 9. The molecule has 18 heteroatoms. The first-order valence-electron chi connectivity index (χ1n) is 8.28. The van der Waals surface area contributed by atoms with Gasteiger partial charge in [0, 0.05) is 0 Å². The lowest BCUT2D eigenvalue weighted by molar-refractivity contribution is -0.479. The zero-order valence-corrected chi connectivity index (χ0v) is 15.4. The maximum absolute atomic E-state index is 13.6. The lowest BCUT2D eigenvalue weighted by Gasteiger charge is -2.42. The number of hydrogen-bond donors (Lipinski definition) is 0. The van der Waals surface area contributed by atoms with Crippen molar-refractivity contribution >= 4 is 0 Å². The third-order valence-corrected chi connectivity index (χ3v) is 4.70. The van der Waals surface area contributed by atoms with Gasteiger partial charge in [-0.2, -0.15) is 74.6 Å². The van der Waals surface area contributed by atoms with E-state index in [0.717, 1.165) is 0 Å². The van der Waals surface area contributed by atoms with Gasteiger partial charge < -0.3 is 4.74 Å². The molecule has 0 bridgehead atoms. The van der Waals surface area contributed by atoms with Crippen molar-refractivity contribution in [1.82, 2.24) is 0 Å². The molecule has 0 heterocycles. The molecule has 0 aromatic heterocycles. The van der Waals surface area contributed by atoms with E-state index in [2.05, 4.69) is 11.7 Å². The van der Waals surface area contributed by atoms with E-state index >= 15 is 0 Å². The lowest BCUT2D eigenvalue weighted by atomic mass is 9.90. The summed E-state index contributed by atoms with van der Waals surface area (Å²) < 4.78 is 226. The number of alkyl halides is 17. The average molecular weight is 530 g/mol. The minimum absolute atomic E-state index is 0.0404. The van der Waals surface area contributed by atoms with Crippen LogP contribution in [0, 0.1) is 19.3 Å². The predicted molar refractivity (Wildman–Crippen MR) is 72.6 cm³/mol. The smallest absolute Gasteiger partial charge is 0.312 e. The molecule has 0 aromatic carbocycles. The fourth-order valence-corrected chi connectivity index (χ4v) is 2.61. The summed E-state index contributed by atoms with van der Waals surface area (Å²) in [6.07, 6.45) is -16.9. The summed E-state index contributed by atoms with van der Waals surface area (Å²) in [5.41, 5.74) is 0. The van der Waals surface area contributed by atoms with E-state index in [1.165, 1.54) is 0 Å². The molecule has 2 unspecified atom stereocenters. The van der Waals surface area contributed by atoms with E-state index in [0.29, 0.717) is 6.42 Å². The molecular weight excluding hydrogens is 519 g/mol. The van der Waals surface area contributed by atoms with Crippen molar-refractivity contribution in [3.05, 3.63) is 13.3 Å². The second-order valence-corrected chi connectivity index (χ2v) is 6.98.